The van der Waals surface area contributed by atoms with Gasteiger partial charge in [0, 0.05) is 0 Å². The topological polar surface area (TPSA) is 75.3 Å². The highest BCUT2D eigenvalue weighted by molar-refractivity contribution is 7.89. The number of amides is 1. The van der Waals surface area contributed by atoms with Gasteiger partial charge in [0.25, 0.3) is 10.0 Å². The fourth-order valence-electron chi connectivity index (χ4n) is 5.20. The summed E-state index contributed by atoms with van der Waals surface area (Å²) in [7, 11) is -3.92. The molecule has 4 fully saturated rings. The highest BCUT2D eigenvalue weighted by Gasteiger charge is 2.54. The highest BCUT2D eigenvalue weighted by atomic mass is 35.5. The van der Waals surface area contributed by atoms with E-state index in [4.69, 9.17) is 23.2 Å². The van der Waals surface area contributed by atoms with Crippen LogP contribution in [0.5, 0.6) is 0 Å². The molecule has 24 heavy (non-hydrogen) atoms. The lowest BCUT2D eigenvalue weighted by atomic mass is 9.49. The normalized spacial score (nSPS) is 34.5. The number of hydrazine groups is 1. The van der Waals surface area contributed by atoms with Crippen molar-refractivity contribution in [3.63, 3.8) is 0 Å². The van der Waals surface area contributed by atoms with Crippen LogP contribution in [0.4, 0.5) is 0 Å². The molecule has 0 saturated heterocycles. The molecule has 1 aromatic heterocycles. The van der Waals surface area contributed by atoms with E-state index in [0.29, 0.717) is 17.8 Å². The molecule has 5 rings (SSSR count). The van der Waals surface area contributed by atoms with Crippen molar-refractivity contribution in [1.82, 2.24) is 10.3 Å². The molecule has 4 aliphatic rings. The van der Waals surface area contributed by atoms with E-state index in [1.807, 2.05) is 0 Å². The third-order valence-electron chi connectivity index (χ3n) is 5.73. The molecular formula is C15H18Cl2N2O3S2. The van der Waals surface area contributed by atoms with Crippen molar-refractivity contribution >= 4 is 50.5 Å². The molecule has 2 N–H and O–H groups in total. The summed E-state index contributed by atoms with van der Waals surface area (Å²) in [6, 6.07) is 1.29. The number of sulfonamides is 1. The Morgan fingerprint density at radius 2 is 1.67 bits per heavy atom. The predicted octanol–water partition coefficient (Wildman–Crippen LogP) is 3.58. The summed E-state index contributed by atoms with van der Waals surface area (Å²) in [6.45, 7) is 0. The number of carbonyl (C=O) groups excluding carboxylic acids is 1. The van der Waals surface area contributed by atoms with Gasteiger partial charge in [-0.1, -0.05) is 23.2 Å². The summed E-state index contributed by atoms with van der Waals surface area (Å²) in [5.74, 6) is 1.64. The van der Waals surface area contributed by atoms with Crippen molar-refractivity contribution in [3.8, 4) is 0 Å². The summed E-state index contributed by atoms with van der Waals surface area (Å²) in [4.78, 5) is 14.9. The largest absolute Gasteiger partial charge is 0.277 e. The maximum Gasteiger partial charge on any atom is 0.259 e. The molecule has 1 aromatic rings. The van der Waals surface area contributed by atoms with E-state index in [9.17, 15) is 13.2 Å². The number of hydrogen-bond acceptors (Lipinski definition) is 4. The van der Waals surface area contributed by atoms with E-state index in [-0.39, 0.29) is 19.5 Å². The Morgan fingerprint density at radius 3 is 2.12 bits per heavy atom. The molecule has 5 nitrogen and oxygen atoms in total. The van der Waals surface area contributed by atoms with Crippen LogP contribution in [0.15, 0.2) is 11.0 Å². The van der Waals surface area contributed by atoms with Crippen LogP contribution in [-0.4, -0.2) is 14.3 Å². The number of nitrogens with one attached hydrogen (secondary N) is 2. The fourth-order valence-corrected chi connectivity index (χ4v) is 8.19. The lowest BCUT2D eigenvalue weighted by Crippen LogP contribution is -2.56. The maximum absolute atomic E-state index is 12.8. The van der Waals surface area contributed by atoms with Gasteiger partial charge >= 0.3 is 0 Å². The molecule has 132 valence electrons. The van der Waals surface area contributed by atoms with E-state index in [1.54, 1.807) is 0 Å². The van der Waals surface area contributed by atoms with Crippen molar-refractivity contribution in [2.75, 3.05) is 0 Å². The van der Waals surface area contributed by atoms with Crippen LogP contribution in [0.1, 0.15) is 38.5 Å². The maximum atomic E-state index is 12.8. The Labute approximate surface area is 155 Å². The second-order valence-corrected chi connectivity index (χ2v) is 11.4. The molecule has 0 unspecified atom stereocenters. The Hall–Kier alpha value is -0.340. The highest BCUT2D eigenvalue weighted by Crippen LogP contribution is 2.60. The minimum absolute atomic E-state index is 0.0801. The first-order valence-corrected chi connectivity index (χ1v) is 11.1. The Balaban J connectivity index is 1.48. The van der Waals surface area contributed by atoms with Gasteiger partial charge in [0.1, 0.15) is 9.23 Å². The zero-order chi connectivity index (χ0) is 17.1. The van der Waals surface area contributed by atoms with Gasteiger partial charge in [-0.2, -0.15) is 0 Å². The van der Waals surface area contributed by atoms with Gasteiger partial charge in [-0.05, 0) is 62.3 Å². The average Bonchev–Trinajstić information content (AvgIpc) is 2.83. The van der Waals surface area contributed by atoms with E-state index in [0.717, 1.165) is 30.6 Å². The molecule has 1 heterocycles. The van der Waals surface area contributed by atoms with E-state index in [2.05, 4.69) is 10.3 Å². The Morgan fingerprint density at radius 1 is 1.12 bits per heavy atom. The number of carbonyl (C=O) groups is 1. The molecule has 0 atom stereocenters. The molecule has 0 spiro atoms. The third-order valence-corrected chi connectivity index (χ3v) is 8.73. The number of thiophene rings is 1. The van der Waals surface area contributed by atoms with Crippen LogP contribution < -0.4 is 10.3 Å². The monoisotopic (exact) mass is 408 g/mol. The lowest BCUT2D eigenvalue weighted by Gasteiger charge is -2.55. The second kappa shape index (κ2) is 5.84. The minimum Gasteiger partial charge on any atom is -0.277 e. The van der Waals surface area contributed by atoms with Gasteiger partial charge < -0.3 is 0 Å². The predicted molar refractivity (Wildman–Crippen MR) is 93.4 cm³/mol. The smallest absolute Gasteiger partial charge is 0.259 e. The number of rotatable bonds is 4. The van der Waals surface area contributed by atoms with E-state index in [1.165, 1.54) is 25.3 Å². The molecule has 9 heteroatoms. The van der Waals surface area contributed by atoms with Crippen LogP contribution in [-0.2, 0) is 14.8 Å². The van der Waals surface area contributed by atoms with Gasteiger partial charge in [0.05, 0.1) is 9.75 Å². The molecular weight excluding hydrogens is 391 g/mol. The van der Waals surface area contributed by atoms with Crippen molar-refractivity contribution in [1.29, 1.82) is 0 Å². The van der Waals surface area contributed by atoms with Crippen LogP contribution in [0.3, 0.4) is 0 Å². The van der Waals surface area contributed by atoms with Crippen LogP contribution in [0, 0.1) is 23.2 Å². The summed E-state index contributed by atoms with van der Waals surface area (Å²) < 4.78 is 25.0. The molecule has 4 bridgehead atoms. The van der Waals surface area contributed by atoms with E-state index >= 15 is 0 Å². The first-order chi connectivity index (χ1) is 11.3. The SMILES string of the molecule is O=C(NNS(=O)(=O)c1cc(Cl)sc1Cl)C12CC3CC(CC(C3)C1)C2. The van der Waals surface area contributed by atoms with Crippen molar-refractivity contribution < 1.29 is 13.2 Å². The summed E-state index contributed by atoms with van der Waals surface area (Å²) in [5.41, 5.74) is 2.03. The summed E-state index contributed by atoms with van der Waals surface area (Å²) in [6.07, 6.45) is 6.29. The second-order valence-electron chi connectivity index (χ2n) is 7.45. The zero-order valence-electron chi connectivity index (χ0n) is 12.8. The molecule has 4 saturated carbocycles. The molecule has 4 aliphatic carbocycles. The van der Waals surface area contributed by atoms with Crippen molar-refractivity contribution in [2.24, 2.45) is 23.2 Å². The van der Waals surface area contributed by atoms with Crippen LogP contribution in [0.2, 0.25) is 8.67 Å². The lowest BCUT2D eigenvalue weighted by molar-refractivity contribution is -0.146. The van der Waals surface area contributed by atoms with Crippen LogP contribution >= 0.6 is 34.5 Å². The van der Waals surface area contributed by atoms with Gasteiger partial charge in [0.2, 0.25) is 5.91 Å². The fraction of sp³-hybridized carbons (Fsp3) is 0.667. The van der Waals surface area contributed by atoms with E-state index < -0.39 is 15.4 Å². The summed E-state index contributed by atoms with van der Waals surface area (Å²) in [5, 5.41) is 0. The standard InChI is InChI=1S/C15H18Cl2N2O3S2/c16-12-4-11(13(17)23-12)24(21,22)19-18-14(20)15-5-8-1-9(6-15)3-10(2-8)7-15/h4,8-10,19H,1-3,5-7H2,(H,18,20). The van der Waals surface area contributed by atoms with Gasteiger partial charge in [-0.3, -0.25) is 10.2 Å². The molecule has 0 aliphatic heterocycles. The van der Waals surface area contributed by atoms with Gasteiger partial charge in [-0.25, -0.2) is 8.42 Å². The quantitative estimate of drug-likeness (QED) is 0.747. The number of hydrogen-bond donors (Lipinski definition) is 2. The third kappa shape index (κ3) is 2.88. The van der Waals surface area contributed by atoms with Gasteiger partial charge in [0.15, 0.2) is 0 Å². The van der Waals surface area contributed by atoms with Crippen molar-refractivity contribution in [2.45, 2.75) is 43.4 Å². The molecule has 1 amide bonds. The summed E-state index contributed by atoms with van der Waals surface area (Å²) >= 11 is 12.7. The first-order valence-electron chi connectivity index (χ1n) is 8.04. The van der Waals surface area contributed by atoms with Crippen LogP contribution in [0.25, 0.3) is 0 Å². The molecule has 0 radical (unpaired) electrons. The van der Waals surface area contributed by atoms with Gasteiger partial charge in [-0.15, -0.1) is 16.2 Å². The minimum atomic E-state index is -3.92. The average molecular weight is 409 g/mol. The zero-order valence-corrected chi connectivity index (χ0v) is 16.0. The Kier molecular flexibility index (Phi) is 4.16. The first kappa shape index (κ1) is 17.1. The molecule has 0 aromatic carbocycles. The Bertz CT molecular complexity index is 755. The number of halogens is 2. The van der Waals surface area contributed by atoms with Crippen molar-refractivity contribution in [3.05, 3.63) is 14.7 Å².